The molecule has 1 aromatic heterocycles. The van der Waals surface area contributed by atoms with E-state index >= 15 is 0 Å². The summed E-state index contributed by atoms with van der Waals surface area (Å²) in [5, 5.41) is 7.18. The Hall–Kier alpha value is -1.69. The molecule has 0 spiro atoms. The molecule has 6 heteroatoms. The Balaban J connectivity index is 2.09. The van der Waals surface area contributed by atoms with Crippen molar-refractivity contribution in [2.45, 2.75) is 34.2 Å². The molecule has 0 radical (unpaired) electrons. The van der Waals surface area contributed by atoms with Crippen molar-refractivity contribution in [3.8, 4) is 0 Å². The van der Waals surface area contributed by atoms with Crippen LogP contribution >= 0.6 is 15.9 Å². The molecule has 1 aromatic carbocycles. The SMILES string of the molecule is Cc1ccc(F)cc1NC(=O)C(C)Cn1nc(C)c(Br)c1C. The Bertz CT molecular complexity index is 712. The maximum atomic E-state index is 13.3. The third kappa shape index (κ3) is 3.55. The van der Waals surface area contributed by atoms with Crippen LogP contribution in [0.5, 0.6) is 0 Å². The molecule has 1 unspecified atom stereocenters. The molecule has 22 heavy (non-hydrogen) atoms. The third-order valence-electron chi connectivity index (χ3n) is 3.65. The summed E-state index contributed by atoms with van der Waals surface area (Å²) in [5.41, 5.74) is 3.22. The van der Waals surface area contributed by atoms with Crippen LogP contribution in [0.1, 0.15) is 23.9 Å². The summed E-state index contributed by atoms with van der Waals surface area (Å²) in [6.07, 6.45) is 0. The summed E-state index contributed by atoms with van der Waals surface area (Å²) in [6.45, 7) is 7.99. The van der Waals surface area contributed by atoms with Gasteiger partial charge in [-0.3, -0.25) is 9.48 Å². The van der Waals surface area contributed by atoms with Crippen LogP contribution in [-0.4, -0.2) is 15.7 Å². The fourth-order valence-electron chi connectivity index (χ4n) is 2.18. The third-order valence-corrected chi connectivity index (χ3v) is 4.79. The number of carbonyl (C=O) groups is 1. The predicted octanol–water partition coefficient (Wildman–Crippen LogP) is 3.98. The first kappa shape index (κ1) is 16.7. The predicted molar refractivity (Wildman–Crippen MR) is 88.3 cm³/mol. The molecule has 0 aliphatic heterocycles. The number of aromatic nitrogens is 2. The fraction of sp³-hybridized carbons (Fsp3) is 0.375. The van der Waals surface area contributed by atoms with Gasteiger partial charge in [0.2, 0.25) is 5.91 Å². The molecule has 2 aromatic rings. The second-order valence-corrected chi connectivity index (χ2v) is 6.31. The normalized spacial score (nSPS) is 12.3. The lowest BCUT2D eigenvalue weighted by molar-refractivity contribution is -0.119. The molecule has 0 saturated carbocycles. The average Bonchev–Trinajstić information content (AvgIpc) is 2.70. The minimum absolute atomic E-state index is 0.155. The highest BCUT2D eigenvalue weighted by atomic mass is 79.9. The van der Waals surface area contributed by atoms with E-state index in [0.717, 1.165) is 21.4 Å². The number of nitrogens with zero attached hydrogens (tertiary/aromatic N) is 2. The van der Waals surface area contributed by atoms with Gasteiger partial charge in [-0.2, -0.15) is 5.10 Å². The number of amides is 1. The van der Waals surface area contributed by atoms with Crippen LogP contribution in [-0.2, 0) is 11.3 Å². The molecule has 118 valence electrons. The lowest BCUT2D eigenvalue weighted by Gasteiger charge is -2.15. The Labute approximate surface area is 137 Å². The van der Waals surface area contributed by atoms with Crippen molar-refractivity contribution >= 4 is 27.5 Å². The number of carbonyl (C=O) groups excluding carboxylic acids is 1. The lowest BCUT2D eigenvalue weighted by atomic mass is 10.1. The first-order chi connectivity index (χ1) is 10.3. The zero-order chi connectivity index (χ0) is 16.4. The second kappa shape index (κ2) is 6.60. The standard InChI is InChI=1S/C16H19BrFN3O/c1-9-5-6-13(18)7-14(9)19-16(22)10(2)8-21-12(4)15(17)11(3)20-21/h5-7,10H,8H2,1-4H3,(H,19,22). The number of nitrogens with one attached hydrogen (secondary N) is 1. The van der Waals surface area contributed by atoms with Crippen molar-refractivity contribution in [1.82, 2.24) is 9.78 Å². The van der Waals surface area contributed by atoms with Gasteiger partial charge in [-0.1, -0.05) is 13.0 Å². The number of aryl methyl sites for hydroxylation is 2. The van der Waals surface area contributed by atoms with E-state index < -0.39 is 0 Å². The van der Waals surface area contributed by atoms with Crippen molar-refractivity contribution in [3.05, 3.63) is 45.4 Å². The van der Waals surface area contributed by atoms with Crippen molar-refractivity contribution < 1.29 is 9.18 Å². The second-order valence-electron chi connectivity index (χ2n) is 5.52. The maximum absolute atomic E-state index is 13.3. The number of benzene rings is 1. The fourth-order valence-corrected chi connectivity index (χ4v) is 2.46. The van der Waals surface area contributed by atoms with Gasteiger partial charge in [0.15, 0.2) is 0 Å². The molecule has 0 aliphatic carbocycles. The first-order valence-corrected chi connectivity index (χ1v) is 7.85. The van der Waals surface area contributed by atoms with E-state index in [9.17, 15) is 9.18 Å². The molecule has 1 heterocycles. The summed E-state index contributed by atoms with van der Waals surface area (Å²) in [4.78, 5) is 12.3. The number of anilines is 1. The Morgan fingerprint density at radius 2 is 2.09 bits per heavy atom. The van der Waals surface area contributed by atoms with Crippen molar-refractivity contribution in [2.75, 3.05) is 5.32 Å². The highest BCUT2D eigenvalue weighted by Gasteiger charge is 2.18. The molecule has 1 amide bonds. The van der Waals surface area contributed by atoms with Gasteiger partial charge >= 0.3 is 0 Å². The van der Waals surface area contributed by atoms with Crippen LogP contribution in [0, 0.1) is 32.5 Å². The summed E-state index contributed by atoms with van der Waals surface area (Å²) < 4.78 is 16.0. The van der Waals surface area contributed by atoms with E-state index in [2.05, 4.69) is 26.3 Å². The van der Waals surface area contributed by atoms with Gasteiger partial charge in [-0.25, -0.2) is 4.39 Å². The molecule has 2 rings (SSSR count). The highest BCUT2D eigenvalue weighted by Crippen LogP contribution is 2.21. The van der Waals surface area contributed by atoms with Gasteiger partial charge in [0.25, 0.3) is 0 Å². The minimum atomic E-state index is -0.365. The van der Waals surface area contributed by atoms with E-state index in [4.69, 9.17) is 0 Å². The minimum Gasteiger partial charge on any atom is -0.325 e. The largest absolute Gasteiger partial charge is 0.325 e. The first-order valence-electron chi connectivity index (χ1n) is 7.06. The highest BCUT2D eigenvalue weighted by molar-refractivity contribution is 9.10. The van der Waals surface area contributed by atoms with Gasteiger partial charge in [0.05, 0.1) is 22.6 Å². The smallest absolute Gasteiger partial charge is 0.229 e. The Morgan fingerprint density at radius 1 is 1.41 bits per heavy atom. The lowest BCUT2D eigenvalue weighted by Crippen LogP contribution is -2.25. The molecular weight excluding hydrogens is 349 g/mol. The topological polar surface area (TPSA) is 46.9 Å². The summed E-state index contributed by atoms with van der Waals surface area (Å²) >= 11 is 3.47. The molecular formula is C16H19BrFN3O. The van der Waals surface area contributed by atoms with E-state index in [1.54, 1.807) is 6.07 Å². The van der Waals surface area contributed by atoms with E-state index in [-0.39, 0.29) is 17.6 Å². The average molecular weight is 368 g/mol. The Morgan fingerprint density at radius 3 is 2.68 bits per heavy atom. The van der Waals surface area contributed by atoms with Crippen LogP contribution in [0.25, 0.3) is 0 Å². The summed E-state index contributed by atoms with van der Waals surface area (Å²) in [6, 6.07) is 4.36. The van der Waals surface area contributed by atoms with Crippen LogP contribution in [0.15, 0.2) is 22.7 Å². The van der Waals surface area contributed by atoms with E-state index in [1.165, 1.54) is 12.1 Å². The summed E-state index contributed by atoms with van der Waals surface area (Å²) in [7, 11) is 0. The monoisotopic (exact) mass is 367 g/mol. The van der Waals surface area contributed by atoms with Crippen molar-refractivity contribution in [1.29, 1.82) is 0 Å². The molecule has 4 nitrogen and oxygen atoms in total. The number of rotatable bonds is 4. The molecule has 1 N–H and O–H groups in total. The van der Waals surface area contributed by atoms with Gasteiger partial charge in [0, 0.05) is 11.4 Å². The zero-order valence-corrected chi connectivity index (χ0v) is 14.7. The summed E-state index contributed by atoms with van der Waals surface area (Å²) in [5.74, 6) is -0.805. The van der Waals surface area contributed by atoms with Crippen LogP contribution in [0.3, 0.4) is 0 Å². The number of halogens is 2. The maximum Gasteiger partial charge on any atom is 0.229 e. The Kier molecular flexibility index (Phi) is 5.01. The van der Waals surface area contributed by atoms with Crippen LogP contribution < -0.4 is 5.32 Å². The molecule has 0 aliphatic rings. The molecule has 0 bridgehead atoms. The van der Waals surface area contributed by atoms with Gasteiger partial charge in [-0.05, 0) is 54.4 Å². The van der Waals surface area contributed by atoms with E-state index in [1.807, 2.05) is 32.4 Å². The van der Waals surface area contributed by atoms with Gasteiger partial charge in [0.1, 0.15) is 5.82 Å². The quantitative estimate of drug-likeness (QED) is 0.887. The van der Waals surface area contributed by atoms with Crippen LogP contribution in [0.2, 0.25) is 0 Å². The zero-order valence-electron chi connectivity index (χ0n) is 13.1. The van der Waals surface area contributed by atoms with Gasteiger partial charge in [-0.15, -0.1) is 0 Å². The van der Waals surface area contributed by atoms with E-state index in [0.29, 0.717) is 12.2 Å². The van der Waals surface area contributed by atoms with Crippen LogP contribution in [0.4, 0.5) is 10.1 Å². The number of hydrogen-bond donors (Lipinski definition) is 1. The molecule has 0 fully saturated rings. The van der Waals surface area contributed by atoms with Gasteiger partial charge < -0.3 is 5.32 Å². The number of hydrogen-bond acceptors (Lipinski definition) is 2. The molecule has 0 saturated heterocycles. The molecule has 1 atom stereocenters. The van der Waals surface area contributed by atoms with Crippen molar-refractivity contribution in [3.63, 3.8) is 0 Å². The van der Waals surface area contributed by atoms with Crippen molar-refractivity contribution in [2.24, 2.45) is 5.92 Å².